The Hall–Kier alpha value is -0.860. The Kier molecular flexibility index (Phi) is 4.41. The van der Waals surface area contributed by atoms with Crippen molar-refractivity contribution in [1.29, 1.82) is 0 Å². The van der Waals surface area contributed by atoms with Gasteiger partial charge in [-0.3, -0.25) is 4.90 Å². The lowest BCUT2D eigenvalue weighted by molar-refractivity contribution is 0.144. The van der Waals surface area contributed by atoms with Gasteiger partial charge in [0.1, 0.15) is 0 Å². The molecule has 1 aliphatic rings. The number of likely N-dealkylation sites (tertiary alicyclic amines) is 1. The van der Waals surface area contributed by atoms with Gasteiger partial charge < -0.3 is 5.73 Å². The van der Waals surface area contributed by atoms with Crippen molar-refractivity contribution < 1.29 is 0 Å². The van der Waals surface area contributed by atoms with E-state index in [4.69, 9.17) is 5.73 Å². The fourth-order valence-corrected chi connectivity index (χ4v) is 3.09. The first-order valence-electron chi connectivity index (χ1n) is 7.17. The van der Waals surface area contributed by atoms with Gasteiger partial charge in [-0.25, -0.2) is 0 Å². The highest BCUT2D eigenvalue weighted by atomic mass is 15.2. The van der Waals surface area contributed by atoms with Crippen LogP contribution in [0, 0.1) is 6.92 Å². The molecule has 0 radical (unpaired) electrons. The van der Waals surface area contributed by atoms with E-state index in [-0.39, 0.29) is 6.04 Å². The Balaban J connectivity index is 2.34. The lowest BCUT2D eigenvalue weighted by Gasteiger charge is -2.37. The molecule has 18 heavy (non-hydrogen) atoms. The second-order valence-corrected chi connectivity index (χ2v) is 5.85. The van der Waals surface area contributed by atoms with Crippen LogP contribution in [0.4, 0.5) is 0 Å². The fraction of sp³-hybridized carbons (Fsp3) is 0.625. The second-order valence-electron chi connectivity index (χ2n) is 5.85. The summed E-state index contributed by atoms with van der Waals surface area (Å²) in [5.41, 5.74) is 9.16. The lowest BCUT2D eigenvalue weighted by atomic mass is 9.94. The van der Waals surface area contributed by atoms with Crippen molar-refractivity contribution in [3.63, 3.8) is 0 Å². The van der Waals surface area contributed by atoms with Gasteiger partial charge in [-0.1, -0.05) is 36.2 Å². The van der Waals surface area contributed by atoms with E-state index in [1.54, 1.807) is 0 Å². The smallest absolute Gasteiger partial charge is 0.0501 e. The Labute approximate surface area is 111 Å². The monoisotopic (exact) mass is 246 g/mol. The van der Waals surface area contributed by atoms with E-state index in [0.717, 1.165) is 6.42 Å². The Morgan fingerprint density at radius 1 is 1.28 bits per heavy atom. The zero-order valence-electron chi connectivity index (χ0n) is 11.9. The average Bonchev–Trinajstić information content (AvgIpc) is 2.51. The van der Waals surface area contributed by atoms with Crippen LogP contribution in [0.1, 0.15) is 50.3 Å². The third-order valence-electron chi connectivity index (χ3n) is 4.01. The average molecular weight is 246 g/mol. The molecule has 2 rings (SSSR count). The van der Waals surface area contributed by atoms with Crippen LogP contribution in [0.2, 0.25) is 0 Å². The number of hydrogen-bond donors (Lipinski definition) is 1. The molecule has 2 atom stereocenters. The summed E-state index contributed by atoms with van der Waals surface area (Å²) in [5, 5.41) is 0. The minimum Gasteiger partial charge on any atom is -0.326 e. The molecular weight excluding hydrogens is 220 g/mol. The summed E-state index contributed by atoms with van der Waals surface area (Å²) in [4.78, 5) is 2.58. The van der Waals surface area contributed by atoms with Crippen LogP contribution < -0.4 is 5.73 Å². The first-order valence-corrected chi connectivity index (χ1v) is 7.17. The SMILES string of the molecule is Cc1cccc(C2C(N)CCCCN2C(C)C)c1. The summed E-state index contributed by atoms with van der Waals surface area (Å²) in [5.74, 6) is 0. The highest BCUT2D eigenvalue weighted by molar-refractivity contribution is 5.26. The van der Waals surface area contributed by atoms with E-state index in [1.807, 2.05) is 0 Å². The van der Waals surface area contributed by atoms with Crippen molar-refractivity contribution in [2.75, 3.05) is 6.54 Å². The highest BCUT2D eigenvalue weighted by Crippen LogP contribution is 2.31. The van der Waals surface area contributed by atoms with Gasteiger partial charge >= 0.3 is 0 Å². The van der Waals surface area contributed by atoms with Crippen molar-refractivity contribution in [2.24, 2.45) is 5.73 Å². The number of aryl methyl sites for hydroxylation is 1. The third kappa shape index (κ3) is 2.93. The molecule has 0 bridgehead atoms. The Morgan fingerprint density at radius 3 is 2.72 bits per heavy atom. The molecule has 0 amide bonds. The van der Waals surface area contributed by atoms with Crippen LogP contribution in [-0.4, -0.2) is 23.5 Å². The largest absolute Gasteiger partial charge is 0.326 e. The maximum Gasteiger partial charge on any atom is 0.0501 e. The molecule has 0 aliphatic carbocycles. The van der Waals surface area contributed by atoms with E-state index >= 15 is 0 Å². The quantitative estimate of drug-likeness (QED) is 0.868. The number of rotatable bonds is 2. The summed E-state index contributed by atoms with van der Waals surface area (Å²) in [6.07, 6.45) is 3.67. The molecule has 2 nitrogen and oxygen atoms in total. The third-order valence-corrected chi connectivity index (χ3v) is 4.01. The van der Waals surface area contributed by atoms with E-state index in [1.165, 1.54) is 30.5 Å². The molecule has 1 fully saturated rings. The molecule has 1 aromatic rings. The molecule has 0 spiro atoms. The molecule has 1 heterocycles. The molecule has 2 unspecified atom stereocenters. The van der Waals surface area contributed by atoms with Crippen molar-refractivity contribution in [3.8, 4) is 0 Å². The standard InChI is InChI=1S/C16H26N2/c1-12(2)18-10-5-4-9-15(17)16(18)14-8-6-7-13(3)11-14/h6-8,11-12,15-16H,4-5,9-10,17H2,1-3H3. The number of nitrogens with zero attached hydrogens (tertiary/aromatic N) is 1. The topological polar surface area (TPSA) is 29.3 Å². The molecule has 0 aromatic heterocycles. The molecular formula is C16H26N2. The summed E-state index contributed by atoms with van der Waals surface area (Å²) in [7, 11) is 0. The van der Waals surface area contributed by atoms with Gasteiger partial charge in [-0.05, 0) is 45.7 Å². The van der Waals surface area contributed by atoms with Crippen molar-refractivity contribution in [3.05, 3.63) is 35.4 Å². The van der Waals surface area contributed by atoms with Crippen LogP contribution in [0.15, 0.2) is 24.3 Å². The number of benzene rings is 1. The zero-order valence-corrected chi connectivity index (χ0v) is 11.9. The van der Waals surface area contributed by atoms with E-state index in [9.17, 15) is 0 Å². The fourth-order valence-electron chi connectivity index (χ4n) is 3.09. The van der Waals surface area contributed by atoms with Gasteiger partial charge in [0.25, 0.3) is 0 Å². The van der Waals surface area contributed by atoms with E-state index in [0.29, 0.717) is 12.1 Å². The first kappa shape index (κ1) is 13.6. The molecule has 1 aromatic carbocycles. The predicted molar refractivity (Wildman–Crippen MR) is 77.6 cm³/mol. The summed E-state index contributed by atoms with van der Waals surface area (Å²) < 4.78 is 0. The van der Waals surface area contributed by atoms with Crippen LogP contribution in [0.25, 0.3) is 0 Å². The van der Waals surface area contributed by atoms with Crippen LogP contribution in [0.5, 0.6) is 0 Å². The molecule has 100 valence electrons. The minimum atomic E-state index is 0.261. The van der Waals surface area contributed by atoms with Gasteiger partial charge in [-0.15, -0.1) is 0 Å². The minimum absolute atomic E-state index is 0.261. The van der Waals surface area contributed by atoms with Gasteiger partial charge in [0.05, 0.1) is 6.04 Å². The van der Waals surface area contributed by atoms with Crippen molar-refractivity contribution >= 4 is 0 Å². The van der Waals surface area contributed by atoms with Gasteiger partial charge in [-0.2, -0.15) is 0 Å². The molecule has 1 aliphatic heterocycles. The predicted octanol–water partition coefficient (Wildman–Crippen LogP) is 3.26. The maximum atomic E-state index is 6.45. The van der Waals surface area contributed by atoms with Crippen LogP contribution in [0.3, 0.4) is 0 Å². The highest BCUT2D eigenvalue weighted by Gasteiger charge is 2.30. The second kappa shape index (κ2) is 5.85. The zero-order chi connectivity index (χ0) is 13.1. The number of nitrogens with two attached hydrogens (primary N) is 1. The molecule has 0 saturated carbocycles. The summed E-state index contributed by atoms with van der Waals surface area (Å²) in [6, 6.07) is 10.0. The van der Waals surface area contributed by atoms with Gasteiger partial charge in [0.2, 0.25) is 0 Å². The van der Waals surface area contributed by atoms with Crippen molar-refractivity contribution in [1.82, 2.24) is 4.90 Å². The Bertz CT molecular complexity index is 386. The van der Waals surface area contributed by atoms with E-state index in [2.05, 4.69) is 49.9 Å². The lowest BCUT2D eigenvalue weighted by Crippen LogP contribution is -2.43. The first-order chi connectivity index (χ1) is 8.59. The van der Waals surface area contributed by atoms with E-state index < -0.39 is 0 Å². The molecule has 1 saturated heterocycles. The van der Waals surface area contributed by atoms with Crippen LogP contribution in [-0.2, 0) is 0 Å². The number of hydrogen-bond acceptors (Lipinski definition) is 2. The molecule has 2 N–H and O–H groups in total. The van der Waals surface area contributed by atoms with Crippen LogP contribution >= 0.6 is 0 Å². The summed E-state index contributed by atoms with van der Waals surface area (Å²) in [6.45, 7) is 7.89. The van der Waals surface area contributed by atoms with Crippen molar-refractivity contribution in [2.45, 2.75) is 58.2 Å². The summed E-state index contributed by atoms with van der Waals surface area (Å²) >= 11 is 0. The normalized spacial score (nSPS) is 26.3. The molecule has 2 heteroatoms. The van der Waals surface area contributed by atoms with Gasteiger partial charge in [0, 0.05) is 12.1 Å². The maximum absolute atomic E-state index is 6.45. The van der Waals surface area contributed by atoms with Gasteiger partial charge in [0.15, 0.2) is 0 Å². The Morgan fingerprint density at radius 2 is 2.06 bits per heavy atom.